The Morgan fingerprint density at radius 3 is 2.50 bits per heavy atom. The average Bonchev–Trinajstić information content (AvgIpc) is 3.51. The van der Waals surface area contributed by atoms with Gasteiger partial charge in [0.1, 0.15) is 17.2 Å². The minimum Gasteiger partial charge on any atom is -0.481 e. The number of alkyl halides is 3. The molecule has 7 rings (SSSR count). The van der Waals surface area contributed by atoms with Crippen LogP contribution in [0.1, 0.15) is 56.5 Å². The van der Waals surface area contributed by atoms with E-state index >= 15 is 0 Å². The molecule has 3 saturated heterocycles. The summed E-state index contributed by atoms with van der Waals surface area (Å²) in [6, 6.07) is 5.88. The van der Waals surface area contributed by atoms with Gasteiger partial charge in [0.25, 0.3) is 0 Å². The molecular weight excluding hydrogens is 647 g/mol. The van der Waals surface area contributed by atoms with Gasteiger partial charge in [0.15, 0.2) is 12.4 Å². The lowest BCUT2D eigenvalue weighted by atomic mass is 9.72. The lowest BCUT2D eigenvalue weighted by molar-refractivity contribution is -0.153. The molecule has 1 spiro atoms. The molecule has 0 radical (unpaired) electrons. The number of nitrogens with zero attached hydrogens (tertiary/aromatic N) is 6. The van der Waals surface area contributed by atoms with Crippen molar-refractivity contribution in [3.05, 3.63) is 54.0 Å². The molecule has 0 bridgehead atoms. The highest BCUT2D eigenvalue weighted by atomic mass is 19.4. The van der Waals surface area contributed by atoms with Gasteiger partial charge in [-0.2, -0.15) is 18.3 Å². The van der Waals surface area contributed by atoms with Crippen molar-refractivity contribution in [2.75, 3.05) is 57.3 Å². The number of hydrogen-bond donors (Lipinski definition) is 2. The number of halogens is 3. The SMILES string of the molecule is C=CC(=O)N1CC2(CCN(c3nc(C4CN(CC(C)(C)O)C4)nc4c(OCC(F)(F)F)c(-c5c(C)ccc6[nH]ncc56)c(CC)cc34)CC2)C1. The first-order valence-electron chi connectivity index (χ1n) is 17.3. The Hall–Kier alpha value is -4.23. The second-order valence-corrected chi connectivity index (χ2v) is 15.0. The van der Waals surface area contributed by atoms with Crippen molar-refractivity contribution >= 4 is 33.5 Å². The zero-order valence-electron chi connectivity index (χ0n) is 29.0. The van der Waals surface area contributed by atoms with Crippen molar-refractivity contribution in [3.63, 3.8) is 0 Å². The Morgan fingerprint density at radius 2 is 1.86 bits per heavy atom. The van der Waals surface area contributed by atoms with E-state index in [2.05, 4.69) is 26.6 Å². The number of H-pyrrole nitrogens is 1. The molecule has 3 aliphatic rings. The van der Waals surface area contributed by atoms with Crippen LogP contribution in [0.25, 0.3) is 32.9 Å². The summed E-state index contributed by atoms with van der Waals surface area (Å²) in [4.78, 5) is 28.6. The second-order valence-electron chi connectivity index (χ2n) is 15.0. The molecule has 50 heavy (non-hydrogen) atoms. The summed E-state index contributed by atoms with van der Waals surface area (Å²) in [6.07, 6.45) is 0.729. The molecule has 5 heterocycles. The number of aromatic amines is 1. The molecule has 1 amide bonds. The number of benzene rings is 2. The number of aryl methyl sites for hydroxylation is 2. The summed E-state index contributed by atoms with van der Waals surface area (Å²) in [5.74, 6) is 1.22. The highest BCUT2D eigenvalue weighted by Gasteiger charge is 2.46. The van der Waals surface area contributed by atoms with Crippen molar-refractivity contribution in [1.29, 1.82) is 0 Å². The monoisotopic (exact) mass is 691 g/mol. The molecule has 266 valence electrons. The third-order valence-corrected chi connectivity index (χ3v) is 10.5. The van der Waals surface area contributed by atoms with Crippen LogP contribution < -0.4 is 9.64 Å². The number of aromatic nitrogens is 4. The third kappa shape index (κ3) is 6.41. The maximum atomic E-state index is 13.9. The van der Waals surface area contributed by atoms with E-state index < -0.39 is 18.4 Å². The van der Waals surface area contributed by atoms with Crippen molar-refractivity contribution in [1.82, 2.24) is 30.0 Å². The lowest BCUT2D eigenvalue weighted by Gasteiger charge is -2.54. The van der Waals surface area contributed by atoms with Gasteiger partial charge in [0.2, 0.25) is 5.91 Å². The van der Waals surface area contributed by atoms with E-state index in [4.69, 9.17) is 14.7 Å². The molecule has 10 nitrogen and oxygen atoms in total. The van der Waals surface area contributed by atoms with E-state index in [0.29, 0.717) is 80.3 Å². The predicted molar refractivity (Wildman–Crippen MR) is 186 cm³/mol. The molecule has 2 aromatic heterocycles. The molecule has 0 aliphatic carbocycles. The smallest absolute Gasteiger partial charge is 0.422 e. The molecule has 2 aromatic carbocycles. The van der Waals surface area contributed by atoms with Crippen LogP contribution >= 0.6 is 0 Å². The van der Waals surface area contributed by atoms with E-state index in [1.54, 1.807) is 20.0 Å². The number of likely N-dealkylation sites (tertiary alicyclic amines) is 2. The summed E-state index contributed by atoms with van der Waals surface area (Å²) in [7, 11) is 0. The summed E-state index contributed by atoms with van der Waals surface area (Å²) in [5, 5.41) is 19.1. The molecular formula is C37H44F3N7O3. The number of amides is 1. The maximum Gasteiger partial charge on any atom is 0.422 e. The molecule has 0 saturated carbocycles. The predicted octanol–water partition coefficient (Wildman–Crippen LogP) is 5.77. The number of piperidine rings is 1. The Bertz CT molecular complexity index is 1950. The summed E-state index contributed by atoms with van der Waals surface area (Å²) < 4.78 is 47.7. The number of fused-ring (bicyclic) bond motifs is 2. The minimum absolute atomic E-state index is 0.0376. The quantitative estimate of drug-likeness (QED) is 0.213. The largest absolute Gasteiger partial charge is 0.481 e. The highest BCUT2D eigenvalue weighted by Crippen LogP contribution is 2.48. The van der Waals surface area contributed by atoms with Crippen LogP contribution in [0, 0.1) is 12.3 Å². The van der Waals surface area contributed by atoms with Gasteiger partial charge < -0.3 is 19.6 Å². The van der Waals surface area contributed by atoms with Gasteiger partial charge in [-0.05, 0) is 74.9 Å². The molecule has 3 aliphatic heterocycles. The zero-order valence-corrected chi connectivity index (χ0v) is 29.0. The topological polar surface area (TPSA) is 111 Å². The number of carbonyl (C=O) groups is 1. The average molecular weight is 692 g/mol. The van der Waals surface area contributed by atoms with Crippen molar-refractivity contribution in [3.8, 4) is 16.9 Å². The Morgan fingerprint density at radius 1 is 1.14 bits per heavy atom. The van der Waals surface area contributed by atoms with Crippen molar-refractivity contribution < 1.29 is 27.8 Å². The summed E-state index contributed by atoms with van der Waals surface area (Å²) in [5.41, 5.74) is 3.35. The van der Waals surface area contributed by atoms with Crippen LogP contribution in [0.3, 0.4) is 0 Å². The number of β-amino-alcohol motifs (C(OH)–C–C–N with tert-alkyl or cyclic N) is 1. The third-order valence-electron chi connectivity index (χ3n) is 10.5. The number of ether oxygens (including phenoxy) is 1. The number of rotatable bonds is 9. The number of aliphatic hydroxyl groups is 1. The fourth-order valence-electron chi connectivity index (χ4n) is 7.99. The zero-order chi connectivity index (χ0) is 35.6. The fraction of sp³-hybridized carbons (Fsp3) is 0.514. The second kappa shape index (κ2) is 12.5. The molecule has 0 unspecified atom stereocenters. The van der Waals surface area contributed by atoms with Gasteiger partial charge in [0, 0.05) is 73.5 Å². The Labute approximate surface area is 289 Å². The van der Waals surface area contributed by atoms with Crippen LogP contribution in [-0.2, 0) is 11.2 Å². The number of anilines is 1. The summed E-state index contributed by atoms with van der Waals surface area (Å²) in [6.45, 7) is 14.1. The van der Waals surface area contributed by atoms with Crippen LogP contribution in [0.4, 0.5) is 19.0 Å². The van der Waals surface area contributed by atoms with Crippen LogP contribution in [0.2, 0.25) is 0 Å². The van der Waals surface area contributed by atoms with Gasteiger partial charge in [-0.25, -0.2) is 9.97 Å². The molecule has 13 heteroatoms. The lowest BCUT2D eigenvalue weighted by Crippen LogP contribution is -2.61. The highest BCUT2D eigenvalue weighted by molar-refractivity contribution is 6.05. The number of carbonyl (C=O) groups excluding carboxylic acids is 1. The summed E-state index contributed by atoms with van der Waals surface area (Å²) >= 11 is 0. The first-order chi connectivity index (χ1) is 23.7. The normalized spacial score (nSPS) is 18.5. The Balaban J connectivity index is 1.37. The van der Waals surface area contributed by atoms with Gasteiger partial charge in [-0.15, -0.1) is 0 Å². The molecule has 0 atom stereocenters. The van der Waals surface area contributed by atoms with Gasteiger partial charge >= 0.3 is 6.18 Å². The fourth-order valence-corrected chi connectivity index (χ4v) is 7.99. The minimum atomic E-state index is -4.57. The number of hydrogen-bond acceptors (Lipinski definition) is 8. The van der Waals surface area contributed by atoms with Crippen molar-refractivity contribution in [2.45, 2.75) is 64.7 Å². The van der Waals surface area contributed by atoms with E-state index in [0.717, 1.165) is 40.4 Å². The Kier molecular flexibility index (Phi) is 8.57. The van der Waals surface area contributed by atoms with Crippen LogP contribution in [0.15, 0.2) is 37.1 Å². The first kappa shape index (κ1) is 34.2. The number of nitrogens with one attached hydrogen (secondary N) is 1. The van der Waals surface area contributed by atoms with Crippen LogP contribution in [0.5, 0.6) is 5.75 Å². The molecule has 2 N–H and O–H groups in total. The van der Waals surface area contributed by atoms with Gasteiger partial charge in [-0.1, -0.05) is 19.6 Å². The van der Waals surface area contributed by atoms with Gasteiger partial charge in [0.05, 0.1) is 17.3 Å². The van der Waals surface area contributed by atoms with Crippen molar-refractivity contribution in [2.24, 2.45) is 5.41 Å². The van der Waals surface area contributed by atoms with E-state index in [1.165, 1.54) is 6.08 Å². The first-order valence-corrected chi connectivity index (χ1v) is 17.3. The van der Waals surface area contributed by atoms with E-state index in [9.17, 15) is 23.1 Å². The van der Waals surface area contributed by atoms with Gasteiger partial charge in [-0.3, -0.25) is 14.8 Å². The van der Waals surface area contributed by atoms with E-state index in [1.807, 2.05) is 36.9 Å². The van der Waals surface area contributed by atoms with E-state index in [-0.39, 0.29) is 23.0 Å². The standard InChI is InChI=1S/C37H44F3N7O3/c1-6-23-14-25-31(32(50-21-37(38,39)40)30(23)29-22(3)8-9-27-26(29)15-41-44-27)42-33(24-16-45(17-24)18-35(4,5)49)43-34(25)46-12-10-36(11-13-46)19-47(20-36)28(48)7-2/h7-9,14-15,24,49H,2,6,10-13,16-21H2,1,3-5H3,(H,41,44). The maximum absolute atomic E-state index is 13.9. The molecule has 3 fully saturated rings. The van der Waals surface area contributed by atoms with Crippen LogP contribution in [-0.4, -0.2) is 105 Å². The molecule has 4 aromatic rings.